The van der Waals surface area contributed by atoms with E-state index < -0.39 is 0 Å². The first-order valence-corrected chi connectivity index (χ1v) is 14.5. The van der Waals surface area contributed by atoms with Gasteiger partial charge < -0.3 is 9.80 Å². The first kappa shape index (κ1) is 26.1. The maximum atomic E-state index is 14.6. The quantitative estimate of drug-likeness (QED) is 0.320. The highest BCUT2D eigenvalue weighted by Gasteiger charge is 2.36. The molecule has 2 saturated heterocycles. The van der Waals surface area contributed by atoms with Gasteiger partial charge in [-0.05, 0) is 89.0 Å². The van der Waals surface area contributed by atoms with E-state index in [0.29, 0.717) is 17.9 Å². The number of carbonyl (C=O) groups is 1. The van der Waals surface area contributed by atoms with E-state index in [1.165, 1.54) is 38.5 Å². The minimum atomic E-state index is -0.118. The third-order valence-electron chi connectivity index (χ3n) is 8.11. The highest BCUT2D eigenvalue weighted by Crippen LogP contribution is 2.40. The summed E-state index contributed by atoms with van der Waals surface area (Å²) < 4.78 is 2.10. The molecule has 2 aromatic rings. The van der Waals surface area contributed by atoms with Crippen LogP contribution >= 0.6 is 31.9 Å². The molecule has 3 nitrogen and oxygen atoms in total. The fourth-order valence-electron chi connectivity index (χ4n) is 5.98. The molecule has 0 aromatic heterocycles. The zero-order valence-corrected chi connectivity index (χ0v) is 23.7. The molecule has 0 aliphatic carbocycles. The Kier molecular flexibility index (Phi) is 9.42. The second kappa shape index (κ2) is 12.3. The SMILES string of the molecule is CN1CCCCC1CC(C(=O)C(CC1CCCCN1C)c1ccccc1Br)c1ccccc1Br. The zero-order valence-electron chi connectivity index (χ0n) is 20.6. The van der Waals surface area contributed by atoms with Gasteiger partial charge in [-0.1, -0.05) is 81.1 Å². The number of benzene rings is 2. The van der Waals surface area contributed by atoms with E-state index in [1.807, 2.05) is 12.1 Å². The van der Waals surface area contributed by atoms with Crippen LogP contribution < -0.4 is 0 Å². The molecule has 4 atom stereocenters. The Morgan fingerprint density at radius 1 is 0.765 bits per heavy atom. The van der Waals surface area contributed by atoms with Gasteiger partial charge in [0.2, 0.25) is 0 Å². The number of ketones is 1. The summed E-state index contributed by atoms with van der Waals surface area (Å²) >= 11 is 7.58. The van der Waals surface area contributed by atoms with Crippen molar-refractivity contribution in [2.45, 2.75) is 75.3 Å². The van der Waals surface area contributed by atoms with E-state index in [1.54, 1.807) is 0 Å². The molecule has 0 amide bonds. The number of nitrogens with zero attached hydrogens (tertiary/aromatic N) is 2. The lowest BCUT2D eigenvalue weighted by Crippen LogP contribution is -2.40. The molecule has 5 heteroatoms. The molecule has 4 unspecified atom stereocenters. The Morgan fingerprint density at radius 2 is 1.18 bits per heavy atom. The minimum absolute atomic E-state index is 0.118. The Bertz CT molecular complexity index is 889. The summed E-state index contributed by atoms with van der Waals surface area (Å²) in [7, 11) is 4.46. The van der Waals surface area contributed by atoms with Gasteiger partial charge in [0, 0.05) is 32.9 Å². The number of carbonyl (C=O) groups excluding carboxylic acids is 1. The van der Waals surface area contributed by atoms with E-state index in [-0.39, 0.29) is 11.8 Å². The predicted octanol–water partition coefficient (Wildman–Crippen LogP) is 7.40. The lowest BCUT2D eigenvalue weighted by molar-refractivity contribution is -0.123. The van der Waals surface area contributed by atoms with Crippen LogP contribution in [-0.4, -0.2) is 54.9 Å². The van der Waals surface area contributed by atoms with E-state index in [9.17, 15) is 4.79 Å². The van der Waals surface area contributed by atoms with Gasteiger partial charge in [0.1, 0.15) is 5.78 Å². The lowest BCUT2D eigenvalue weighted by Gasteiger charge is -2.38. The third-order valence-corrected chi connectivity index (χ3v) is 9.55. The molecule has 4 rings (SSSR count). The summed E-state index contributed by atoms with van der Waals surface area (Å²) in [6.07, 6.45) is 9.16. The Balaban J connectivity index is 1.71. The molecular weight excluding hydrogens is 552 g/mol. The Labute approximate surface area is 222 Å². The molecule has 2 fully saturated rings. The van der Waals surface area contributed by atoms with E-state index in [4.69, 9.17) is 0 Å². The molecular formula is C29H38Br2N2O. The number of Topliss-reactive ketones (excluding diaryl/α,β-unsaturated/α-hetero) is 1. The molecule has 0 radical (unpaired) electrons. The van der Waals surface area contributed by atoms with Crippen LogP contribution in [0.3, 0.4) is 0 Å². The van der Waals surface area contributed by atoms with Crippen molar-refractivity contribution >= 4 is 37.6 Å². The summed E-state index contributed by atoms with van der Waals surface area (Å²) in [6.45, 7) is 2.25. The van der Waals surface area contributed by atoms with Crippen molar-refractivity contribution in [3.8, 4) is 0 Å². The van der Waals surface area contributed by atoms with Crippen molar-refractivity contribution in [2.24, 2.45) is 0 Å². The molecule has 2 aliphatic heterocycles. The summed E-state index contributed by atoms with van der Waals surface area (Å²) in [5, 5.41) is 0. The van der Waals surface area contributed by atoms with E-state index in [2.05, 4.69) is 92.2 Å². The van der Waals surface area contributed by atoms with Crippen LogP contribution in [0.2, 0.25) is 0 Å². The van der Waals surface area contributed by atoms with Crippen LogP contribution in [0.15, 0.2) is 57.5 Å². The molecule has 184 valence electrons. The highest BCUT2D eigenvalue weighted by molar-refractivity contribution is 9.10. The minimum Gasteiger partial charge on any atom is -0.303 e. The number of rotatable bonds is 8. The number of hydrogen-bond donors (Lipinski definition) is 0. The highest BCUT2D eigenvalue weighted by atomic mass is 79.9. The summed E-state index contributed by atoms with van der Waals surface area (Å²) in [6, 6.07) is 17.6. The van der Waals surface area contributed by atoms with Crippen LogP contribution in [-0.2, 0) is 4.79 Å². The standard InChI is InChI=1S/C29H38Br2N2O/c1-32-17-9-7-11-21(32)19-25(23-13-3-5-15-27(23)30)29(34)26(24-14-4-6-16-28(24)31)20-22-12-8-10-18-33(22)2/h3-6,13-16,21-22,25-26H,7-12,17-20H2,1-2H3. The first-order valence-electron chi connectivity index (χ1n) is 12.9. The van der Waals surface area contributed by atoms with Gasteiger partial charge in [-0.3, -0.25) is 4.79 Å². The van der Waals surface area contributed by atoms with Crippen LogP contribution in [0, 0.1) is 0 Å². The first-order chi connectivity index (χ1) is 16.5. The largest absolute Gasteiger partial charge is 0.303 e. The van der Waals surface area contributed by atoms with Crippen molar-refractivity contribution in [1.29, 1.82) is 0 Å². The summed E-state index contributed by atoms with van der Waals surface area (Å²) in [5.74, 6) is 0.135. The second-order valence-corrected chi connectivity index (χ2v) is 12.0. The monoisotopic (exact) mass is 588 g/mol. The van der Waals surface area contributed by atoms with Crippen molar-refractivity contribution in [2.75, 3.05) is 27.2 Å². The molecule has 2 heterocycles. The van der Waals surface area contributed by atoms with Gasteiger partial charge in [-0.15, -0.1) is 0 Å². The number of halogens is 2. The maximum Gasteiger partial charge on any atom is 0.147 e. The van der Waals surface area contributed by atoms with Crippen LogP contribution in [0.25, 0.3) is 0 Å². The second-order valence-electron chi connectivity index (χ2n) is 10.3. The Hall–Kier alpha value is -1.01. The molecule has 0 saturated carbocycles. The normalized spacial score (nSPS) is 24.0. The maximum absolute atomic E-state index is 14.6. The van der Waals surface area contributed by atoms with Gasteiger partial charge in [0.15, 0.2) is 0 Å². The van der Waals surface area contributed by atoms with Gasteiger partial charge in [0.25, 0.3) is 0 Å². The summed E-state index contributed by atoms with van der Waals surface area (Å²) in [5.41, 5.74) is 2.28. The Morgan fingerprint density at radius 3 is 1.56 bits per heavy atom. The van der Waals surface area contributed by atoms with Gasteiger partial charge >= 0.3 is 0 Å². The smallest absolute Gasteiger partial charge is 0.147 e. The summed E-state index contributed by atoms with van der Waals surface area (Å²) in [4.78, 5) is 19.6. The van der Waals surface area contributed by atoms with E-state index in [0.717, 1.165) is 46.0 Å². The van der Waals surface area contributed by atoms with Gasteiger partial charge in [-0.25, -0.2) is 0 Å². The van der Waals surface area contributed by atoms with Gasteiger partial charge in [-0.2, -0.15) is 0 Å². The lowest BCUT2D eigenvalue weighted by atomic mass is 9.76. The molecule has 2 aromatic carbocycles. The average Bonchev–Trinajstić information content (AvgIpc) is 2.84. The molecule has 0 spiro atoms. The topological polar surface area (TPSA) is 23.6 Å². The number of likely N-dealkylation sites (tertiary alicyclic amines) is 2. The van der Waals surface area contributed by atoms with Crippen molar-refractivity contribution in [3.63, 3.8) is 0 Å². The number of hydrogen-bond acceptors (Lipinski definition) is 3. The van der Waals surface area contributed by atoms with Crippen molar-refractivity contribution < 1.29 is 4.79 Å². The third kappa shape index (κ3) is 6.21. The average molecular weight is 590 g/mol. The van der Waals surface area contributed by atoms with Crippen LogP contribution in [0.5, 0.6) is 0 Å². The van der Waals surface area contributed by atoms with Gasteiger partial charge in [0.05, 0.1) is 0 Å². The fraction of sp³-hybridized carbons (Fsp3) is 0.552. The van der Waals surface area contributed by atoms with Crippen molar-refractivity contribution in [3.05, 3.63) is 68.6 Å². The zero-order chi connectivity index (χ0) is 24.1. The van der Waals surface area contributed by atoms with Crippen LogP contribution in [0.4, 0.5) is 0 Å². The van der Waals surface area contributed by atoms with E-state index >= 15 is 0 Å². The molecule has 34 heavy (non-hydrogen) atoms. The molecule has 0 N–H and O–H groups in total. The number of piperidine rings is 2. The molecule has 0 bridgehead atoms. The fourth-order valence-corrected chi connectivity index (χ4v) is 7.10. The molecule has 2 aliphatic rings. The predicted molar refractivity (Wildman–Crippen MR) is 149 cm³/mol. The van der Waals surface area contributed by atoms with Crippen LogP contribution in [0.1, 0.15) is 74.3 Å². The van der Waals surface area contributed by atoms with Crippen molar-refractivity contribution in [1.82, 2.24) is 9.80 Å².